The van der Waals surface area contributed by atoms with E-state index in [1.165, 1.54) is 4.90 Å². The van der Waals surface area contributed by atoms with Crippen molar-refractivity contribution in [3.63, 3.8) is 0 Å². The number of nitrogens with zero attached hydrogens (tertiary/aromatic N) is 2. The number of hydrogen-bond donors (Lipinski definition) is 0. The van der Waals surface area contributed by atoms with E-state index in [9.17, 15) is 9.59 Å². The lowest BCUT2D eigenvalue weighted by molar-refractivity contribution is -0.133. The summed E-state index contributed by atoms with van der Waals surface area (Å²) in [6, 6.07) is 9.48. The average molecular weight is 392 g/mol. The van der Waals surface area contributed by atoms with Crippen molar-refractivity contribution in [1.29, 1.82) is 0 Å². The van der Waals surface area contributed by atoms with Gasteiger partial charge < -0.3 is 14.1 Å². The summed E-state index contributed by atoms with van der Waals surface area (Å²) in [5.74, 6) is -0.0593. The lowest BCUT2D eigenvalue weighted by Gasteiger charge is -2.21. The molecule has 0 saturated heterocycles. The number of esters is 1. The van der Waals surface area contributed by atoms with E-state index in [-0.39, 0.29) is 12.5 Å². The number of aryl methyl sites for hydroxylation is 2. The van der Waals surface area contributed by atoms with Crippen LogP contribution in [-0.2, 0) is 28.9 Å². The van der Waals surface area contributed by atoms with Crippen LogP contribution >= 0.6 is 0 Å². The Morgan fingerprint density at radius 1 is 1.21 bits per heavy atom. The third-order valence-electron chi connectivity index (χ3n) is 5.35. The van der Waals surface area contributed by atoms with Crippen molar-refractivity contribution in [3.8, 4) is 0 Å². The zero-order chi connectivity index (χ0) is 20.4. The van der Waals surface area contributed by atoms with Gasteiger partial charge in [-0.1, -0.05) is 11.6 Å². The quantitative estimate of drug-likeness (QED) is 0.617. The zero-order valence-electron chi connectivity index (χ0n) is 16.7. The highest BCUT2D eigenvalue weighted by molar-refractivity contribution is 6.05. The highest BCUT2D eigenvalue weighted by Crippen LogP contribution is 2.30. The van der Waals surface area contributed by atoms with Crippen LogP contribution in [0.1, 0.15) is 45.8 Å². The first-order valence-electron chi connectivity index (χ1n) is 9.88. The largest absolute Gasteiger partial charge is 0.467 e. The molecule has 0 N–H and O–H groups in total. The Morgan fingerprint density at radius 2 is 2.03 bits per heavy atom. The number of rotatable bonds is 5. The Kier molecular flexibility index (Phi) is 5.34. The molecule has 2 heterocycles. The van der Waals surface area contributed by atoms with Crippen molar-refractivity contribution in [3.05, 3.63) is 64.7 Å². The number of aromatic nitrogens is 1. The fourth-order valence-electron chi connectivity index (χ4n) is 3.80. The van der Waals surface area contributed by atoms with Crippen molar-refractivity contribution in [2.45, 2.75) is 39.2 Å². The minimum Gasteiger partial charge on any atom is -0.467 e. The van der Waals surface area contributed by atoms with E-state index in [2.05, 4.69) is 0 Å². The molecule has 0 unspecified atom stereocenters. The Bertz CT molecular complexity index is 1060. The van der Waals surface area contributed by atoms with E-state index >= 15 is 0 Å². The standard InChI is InChI=1S/C23H24N2O4/c1-15-9-10-20-18(12-15)22(17-7-3-4-8-19(17)24-20)23(27)29-14-21(26)25(2)13-16-6-5-11-28-16/h5-6,9-12H,3-4,7-8,13-14H2,1-2H3. The predicted molar refractivity (Wildman–Crippen MR) is 109 cm³/mol. The molecule has 150 valence electrons. The summed E-state index contributed by atoms with van der Waals surface area (Å²) in [6.45, 7) is 2.01. The maximum atomic E-state index is 13.0. The molecule has 1 aliphatic rings. The van der Waals surface area contributed by atoms with Crippen LogP contribution in [0.3, 0.4) is 0 Å². The highest BCUT2D eigenvalue weighted by atomic mass is 16.5. The summed E-state index contributed by atoms with van der Waals surface area (Å²) < 4.78 is 10.7. The normalized spacial score (nSPS) is 13.2. The van der Waals surface area contributed by atoms with Gasteiger partial charge in [-0.3, -0.25) is 9.78 Å². The maximum absolute atomic E-state index is 13.0. The van der Waals surface area contributed by atoms with Gasteiger partial charge >= 0.3 is 5.97 Å². The summed E-state index contributed by atoms with van der Waals surface area (Å²) in [5, 5.41) is 0.798. The molecule has 6 nitrogen and oxygen atoms in total. The molecule has 4 rings (SSSR count). The van der Waals surface area contributed by atoms with Crippen LogP contribution in [0.2, 0.25) is 0 Å². The average Bonchev–Trinajstić information content (AvgIpc) is 3.23. The number of hydrogen-bond acceptors (Lipinski definition) is 5. The van der Waals surface area contributed by atoms with E-state index in [0.29, 0.717) is 17.9 Å². The molecule has 6 heteroatoms. The molecule has 0 bridgehead atoms. The molecule has 0 fully saturated rings. The minimum atomic E-state index is -0.458. The van der Waals surface area contributed by atoms with Gasteiger partial charge in [0, 0.05) is 18.1 Å². The molecule has 0 saturated carbocycles. The number of carbonyl (C=O) groups excluding carboxylic acids is 2. The third-order valence-corrected chi connectivity index (χ3v) is 5.35. The third kappa shape index (κ3) is 4.01. The summed E-state index contributed by atoms with van der Waals surface area (Å²) in [6.07, 6.45) is 5.33. The zero-order valence-corrected chi connectivity index (χ0v) is 16.7. The molecule has 0 aliphatic heterocycles. The number of furan rings is 1. The van der Waals surface area contributed by atoms with E-state index in [4.69, 9.17) is 14.1 Å². The molecule has 0 radical (unpaired) electrons. The van der Waals surface area contributed by atoms with E-state index in [1.54, 1.807) is 25.4 Å². The summed E-state index contributed by atoms with van der Waals surface area (Å²) >= 11 is 0. The highest BCUT2D eigenvalue weighted by Gasteiger charge is 2.24. The van der Waals surface area contributed by atoms with Crippen molar-refractivity contribution in [1.82, 2.24) is 9.88 Å². The second kappa shape index (κ2) is 8.07. The number of likely N-dealkylation sites (N-methyl/N-ethyl adjacent to an activating group) is 1. The first kappa shape index (κ1) is 19.2. The number of ether oxygens (including phenoxy) is 1. The minimum absolute atomic E-state index is 0.279. The smallest absolute Gasteiger partial charge is 0.339 e. The van der Waals surface area contributed by atoms with Crippen LogP contribution in [-0.4, -0.2) is 35.4 Å². The van der Waals surface area contributed by atoms with E-state index in [0.717, 1.165) is 53.4 Å². The molecule has 29 heavy (non-hydrogen) atoms. The lowest BCUT2D eigenvalue weighted by Crippen LogP contribution is -2.31. The Morgan fingerprint density at radius 3 is 2.83 bits per heavy atom. The van der Waals surface area contributed by atoms with Gasteiger partial charge in [0.25, 0.3) is 5.91 Å². The SMILES string of the molecule is Cc1ccc2nc3c(c(C(=O)OCC(=O)N(C)Cc4ccco4)c2c1)CCCC3. The number of fused-ring (bicyclic) bond motifs is 2. The Balaban J connectivity index is 1.56. The summed E-state index contributed by atoms with van der Waals surface area (Å²) in [7, 11) is 1.66. The Labute approximate surface area is 169 Å². The van der Waals surface area contributed by atoms with Crippen LogP contribution in [0.4, 0.5) is 0 Å². The fraction of sp³-hybridized carbons (Fsp3) is 0.348. The van der Waals surface area contributed by atoms with Crippen LogP contribution in [0.5, 0.6) is 0 Å². The van der Waals surface area contributed by atoms with Gasteiger partial charge in [0.15, 0.2) is 6.61 Å². The van der Waals surface area contributed by atoms with Crippen molar-refractivity contribution < 1.29 is 18.7 Å². The number of amides is 1. The molecular weight excluding hydrogens is 368 g/mol. The first-order chi connectivity index (χ1) is 14.0. The van der Waals surface area contributed by atoms with E-state index < -0.39 is 5.97 Å². The molecular formula is C23H24N2O4. The number of pyridine rings is 1. The molecule has 2 aromatic heterocycles. The summed E-state index contributed by atoms with van der Waals surface area (Å²) in [4.78, 5) is 31.7. The van der Waals surface area contributed by atoms with Gasteiger partial charge in [-0.2, -0.15) is 0 Å². The van der Waals surface area contributed by atoms with Crippen LogP contribution in [0, 0.1) is 6.92 Å². The Hall–Kier alpha value is -3.15. The molecule has 0 atom stereocenters. The van der Waals surface area contributed by atoms with Crippen molar-refractivity contribution in [2.24, 2.45) is 0 Å². The van der Waals surface area contributed by atoms with Gasteiger partial charge in [-0.15, -0.1) is 0 Å². The van der Waals surface area contributed by atoms with Crippen LogP contribution < -0.4 is 0 Å². The van der Waals surface area contributed by atoms with Crippen molar-refractivity contribution in [2.75, 3.05) is 13.7 Å². The lowest BCUT2D eigenvalue weighted by atomic mass is 9.89. The molecule has 0 spiro atoms. The fourth-order valence-corrected chi connectivity index (χ4v) is 3.80. The van der Waals surface area contributed by atoms with E-state index in [1.807, 2.05) is 25.1 Å². The maximum Gasteiger partial charge on any atom is 0.339 e. The van der Waals surface area contributed by atoms with Gasteiger partial charge in [0.2, 0.25) is 0 Å². The van der Waals surface area contributed by atoms with Crippen LogP contribution in [0.15, 0.2) is 41.0 Å². The second-order valence-electron chi connectivity index (χ2n) is 7.55. The molecule has 1 aromatic carbocycles. The van der Waals surface area contributed by atoms with Crippen LogP contribution in [0.25, 0.3) is 10.9 Å². The van der Waals surface area contributed by atoms with Gasteiger partial charge in [0.1, 0.15) is 5.76 Å². The number of benzene rings is 1. The monoisotopic (exact) mass is 392 g/mol. The van der Waals surface area contributed by atoms with Crippen molar-refractivity contribution >= 4 is 22.8 Å². The predicted octanol–water partition coefficient (Wildman–Crippen LogP) is 3.83. The molecule has 1 aliphatic carbocycles. The van der Waals surface area contributed by atoms with Gasteiger partial charge in [-0.05, 0) is 62.4 Å². The van der Waals surface area contributed by atoms with Gasteiger partial charge in [0.05, 0.1) is 23.9 Å². The molecule has 3 aromatic rings. The summed E-state index contributed by atoms with van der Waals surface area (Å²) in [5.41, 5.74) is 4.36. The van der Waals surface area contributed by atoms with Gasteiger partial charge in [-0.25, -0.2) is 4.79 Å². The topological polar surface area (TPSA) is 72.6 Å². The number of carbonyl (C=O) groups is 2. The first-order valence-corrected chi connectivity index (χ1v) is 9.88. The second-order valence-corrected chi connectivity index (χ2v) is 7.55. The molecule has 1 amide bonds.